The summed E-state index contributed by atoms with van der Waals surface area (Å²) in [5.74, 6) is -1.80. The number of aryl methyl sites for hydroxylation is 1. The number of nitrogens with zero attached hydrogens (tertiary/aromatic N) is 1. The zero-order valence-electron chi connectivity index (χ0n) is 12.8. The highest BCUT2D eigenvalue weighted by atomic mass is 19.1. The maximum absolute atomic E-state index is 14.1. The van der Waals surface area contributed by atoms with E-state index in [1.54, 1.807) is 30.0 Å². The molecule has 0 radical (unpaired) electrons. The number of carboxylic acids is 1. The lowest BCUT2D eigenvalue weighted by Crippen LogP contribution is -2.32. The molecular weight excluding hydrogens is 281 g/mol. The fraction of sp³-hybridized carbons (Fsp3) is 0.278. The van der Waals surface area contributed by atoms with Crippen LogP contribution in [0.2, 0.25) is 0 Å². The second kappa shape index (κ2) is 7.07. The maximum Gasteiger partial charge on any atom is 0.308 e. The van der Waals surface area contributed by atoms with Gasteiger partial charge < -0.3 is 10.0 Å². The molecule has 0 amide bonds. The van der Waals surface area contributed by atoms with E-state index in [0.29, 0.717) is 12.2 Å². The standard InChI is InChI=1S/C18H20FNO2/c1-13-7-3-4-8-15(13)12-20(11-14(2)18(21)22)17-10-6-5-9-16(17)19/h3-10,14H,11-12H2,1-2H3,(H,21,22). The van der Waals surface area contributed by atoms with Crippen LogP contribution in [-0.2, 0) is 11.3 Å². The molecule has 0 fully saturated rings. The van der Waals surface area contributed by atoms with Crippen LogP contribution in [0.4, 0.5) is 10.1 Å². The fourth-order valence-corrected chi connectivity index (χ4v) is 2.36. The second-order valence-corrected chi connectivity index (χ2v) is 5.50. The van der Waals surface area contributed by atoms with E-state index < -0.39 is 11.9 Å². The molecule has 0 aliphatic rings. The van der Waals surface area contributed by atoms with Crippen LogP contribution in [0.1, 0.15) is 18.1 Å². The van der Waals surface area contributed by atoms with Crippen molar-refractivity contribution in [1.29, 1.82) is 0 Å². The molecular formula is C18H20FNO2. The lowest BCUT2D eigenvalue weighted by Gasteiger charge is -2.27. The fourth-order valence-electron chi connectivity index (χ4n) is 2.36. The molecule has 116 valence electrons. The molecule has 3 nitrogen and oxygen atoms in total. The van der Waals surface area contributed by atoms with Gasteiger partial charge in [0.05, 0.1) is 11.6 Å². The highest BCUT2D eigenvalue weighted by Crippen LogP contribution is 2.23. The average molecular weight is 301 g/mol. The number of benzene rings is 2. The van der Waals surface area contributed by atoms with Crippen molar-refractivity contribution < 1.29 is 14.3 Å². The van der Waals surface area contributed by atoms with E-state index in [4.69, 9.17) is 5.11 Å². The molecule has 2 rings (SSSR count). The van der Waals surface area contributed by atoms with Crippen molar-refractivity contribution in [3.63, 3.8) is 0 Å². The zero-order chi connectivity index (χ0) is 16.1. The molecule has 0 aromatic heterocycles. The lowest BCUT2D eigenvalue weighted by molar-refractivity contribution is -0.140. The normalized spacial score (nSPS) is 12.0. The number of hydrogen-bond acceptors (Lipinski definition) is 2. The van der Waals surface area contributed by atoms with Crippen molar-refractivity contribution >= 4 is 11.7 Å². The molecule has 0 aliphatic carbocycles. The Balaban J connectivity index is 2.31. The summed E-state index contributed by atoms with van der Waals surface area (Å²) in [6.45, 7) is 4.36. The minimum Gasteiger partial charge on any atom is -0.481 e. The first-order chi connectivity index (χ1) is 10.5. The van der Waals surface area contributed by atoms with E-state index >= 15 is 0 Å². The van der Waals surface area contributed by atoms with E-state index in [-0.39, 0.29) is 12.4 Å². The minimum atomic E-state index is -0.883. The van der Waals surface area contributed by atoms with Gasteiger partial charge in [-0.15, -0.1) is 0 Å². The number of aliphatic carboxylic acids is 1. The third-order valence-electron chi connectivity index (χ3n) is 3.73. The van der Waals surface area contributed by atoms with Gasteiger partial charge in [0.2, 0.25) is 0 Å². The van der Waals surface area contributed by atoms with E-state index in [0.717, 1.165) is 11.1 Å². The molecule has 0 spiro atoms. The Bertz CT molecular complexity index is 657. The van der Waals surface area contributed by atoms with E-state index in [1.165, 1.54) is 6.07 Å². The summed E-state index contributed by atoms with van der Waals surface area (Å²) in [5, 5.41) is 9.15. The number of carbonyl (C=O) groups is 1. The third kappa shape index (κ3) is 3.85. The maximum atomic E-state index is 14.1. The molecule has 0 saturated carbocycles. The quantitative estimate of drug-likeness (QED) is 0.880. The topological polar surface area (TPSA) is 40.5 Å². The second-order valence-electron chi connectivity index (χ2n) is 5.50. The summed E-state index contributed by atoms with van der Waals surface area (Å²) in [7, 11) is 0. The van der Waals surface area contributed by atoms with Crippen molar-refractivity contribution in [3.8, 4) is 0 Å². The van der Waals surface area contributed by atoms with Crippen LogP contribution in [0.3, 0.4) is 0 Å². The first-order valence-corrected chi connectivity index (χ1v) is 7.26. The molecule has 2 aromatic rings. The molecule has 0 aliphatic heterocycles. The van der Waals surface area contributed by atoms with Gasteiger partial charge >= 0.3 is 5.97 Å². The van der Waals surface area contributed by atoms with Crippen LogP contribution >= 0.6 is 0 Å². The highest BCUT2D eigenvalue weighted by Gasteiger charge is 2.19. The molecule has 1 N–H and O–H groups in total. The summed E-state index contributed by atoms with van der Waals surface area (Å²) < 4.78 is 14.1. The molecule has 22 heavy (non-hydrogen) atoms. The summed E-state index contributed by atoms with van der Waals surface area (Å²) in [6, 6.07) is 14.3. The van der Waals surface area contributed by atoms with Crippen molar-refractivity contribution in [1.82, 2.24) is 0 Å². The molecule has 2 aromatic carbocycles. The molecule has 4 heteroatoms. The van der Waals surface area contributed by atoms with Crippen LogP contribution < -0.4 is 4.90 Å². The van der Waals surface area contributed by atoms with Gasteiger partial charge in [0.25, 0.3) is 0 Å². The van der Waals surface area contributed by atoms with Crippen LogP contribution in [-0.4, -0.2) is 17.6 Å². The van der Waals surface area contributed by atoms with Crippen LogP contribution in [0, 0.1) is 18.7 Å². The van der Waals surface area contributed by atoms with Gasteiger partial charge in [0, 0.05) is 13.1 Å². The first kappa shape index (κ1) is 16.0. The Hall–Kier alpha value is -2.36. The number of para-hydroxylation sites is 1. The Kier molecular flexibility index (Phi) is 5.15. The summed E-state index contributed by atoms with van der Waals surface area (Å²) in [6.07, 6.45) is 0. The van der Waals surface area contributed by atoms with Crippen molar-refractivity contribution in [3.05, 3.63) is 65.5 Å². The van der Waals surface area contributed by atoms with Crippen molar-refractivity contribution in [2.24, 2.45) is 5.92 Å². The number of anilines is 1. The highest BCUT2D eigenvalue weighted by molar-refractivity contribution is 5.70. The van der Waals surface area contributed by atoms with Gasteiger partial charge in [-0.1, -0.05) is 43.3 Å². The van der Waals surface area contributed by atoms with Gasteiger partial charge in [-0.3, -0.25) is 4.79 Å². The summed E-state index contributed by atoms with van der Waals surface area (Å²) in [4.78, 5) is 12.9. The molecule has 0 saturated heterocycles. The molecule has 0 heterocycles. The lowest BCUT2D eigenvalue weighted by atomic mass is 10.1. The van der Waals surface area contributed by atoms with Crippen LogP contribution in [0.25, 0.3) is 0 Å². The zero-order valence-corrected chi connectivity index (χ0v) is 12.8. The smallest absolute Gasteiger partial charge is 0.308 e. The molecule has 1 atom stereocenters. The number of halogens is 1. The predicted molar refractivity (Wildman–Crippen MR) is 85.4 cm³/mol. The third-order valence-corrected chi connectivity index (χ3v) is 3.73. The van der Waals surface area contributed by atoms with Crippen LogP contribution in [0.5, 0.6) is 0 Å². The Morgan fingerprint density at radius 3 is 2.45 bits per heavy atom. The van der Waals surface area contributed by atoms with Gasteiger partial charge in [-0.25, -0.2) is 4.39 Å². The Labute approximate surface area is 130 Å². The Morgan fingerprint density at radius 1 is 1.18 bits per heavy atom. The molecule has 1 unspecified atom stereocenters. The number of carboxylic acid groups (broad SMARTS) is 1. The Morgan fingerprint density at radius 2 is 1.82 bits per heavy atom. The largest absolute Gasteiger partial charge is 0.481 e. The van der Waals surface area contributed by atoms with Gasteiger partial charge in [-0.2, -0.15) is 0 Å². The van der Waals surface area contributed by atoms with Crippen LogP contribution in [0.15, 0.2) is 48.5 Å². The average Bonchev–Trinajstić information content (AvgIpc) is 2.49. The number of hydrogen-bond donors (Lipinski definition) is 1. The van der Waals surface area contributed by atoms with E-state index in [9.17, 15) is 9.18 Å². The number of rotatable bonds is 6. The van der Waals surface area contributed by atoms with Crippen molar-refractivity contribution in [2.45, 2.75) is 20.4 Å². The summed E-state index contributed by atoms with van der Waals surface area (Å²) >= 11 is 0. The van der Waals surface area contributed by atoms with Gasteiger partial charge in [-0.05, 0) is 30.2 Å². The van der Waals surface area contributed by atoms with Crippen molar-refractivity contribution in [2.75, 3.05) is 11.4 Å². The predicted octanol–water partition coefficient (Wildman–Crippen LogP) is 3.86. The first-order valence-electron chi connectivity index (χ1n) is 7.26. The van der Waals surface area contributed by atoms with E-state index in [2.05, 4.69) is 0 Å². The van der Waals surface area contributed by atoms with Gasteiger partial charge in [0.15, 0.2) is 0 Å². The summed E-state index contributed by atoms with van der Waals surface area (Å²) in [5.41, 5.74) is 2.59. The van der Waals surface area contributed by atoms with E-state index in [1.807, 2.05) is 31.2 Å². The van der Waals surface area contributed by atoms with Gasteiger partial charge in [0.1, 0.15) is 5.82 Å². The monoisotopic (exact) mass is 301 g/mol. The SMILES string of the molecule is Cc1ccccc1CN(CC(C)C(=O)O)c1ccccc1F. The minimum absolute atomic E-state index is 0.255. The molecule has 0 bridgehead atoms.